The first kappa shape index (κ1) is 16.4. The number of aliphatic hydroxyl groups excluding tert-OH is 1. The first-order valence-corrected chi connectivity index (χ1v) is 10.1. The lowest BCUT2D eigenvalue weighted by Crippen LogP contribution is -2.58. The summed E-state index contributed by atoms with van der Waals surface area (Å²) in [5.41, 5.74) is 0.0921. The Morgan fingerprint density at radius 2 is 1.57 bits per heavy atom. The highest BCUT2D eigenvalue weighted by Gasteiger charge is 2.64. The molecule has 2 nitrogen and oxygen atoms in total. The van der Waals surface area contributed by atoms with E-state index in [2.05, 4.69) is 27.7 Å². The van der Waals surface area contributed by atoms with Gasteiger partial charge in [-0.1, -0.05) is 20.8 Å². The summed E-state index contributed by atoms with van der Waals surface area (Å²) in [7, 11) is 0. The Balaban J connectivity index is 1.68. The lowest BCUT2D eigenvalue weighted by atomic mass is 9.42. The minimum atomic E-state index is -0.469. The van der Waals surface area contributed by atoms with Gasteiger partial charge in [0, 0.05) is 0 Å². The van der Waals surface area contributed by atoms with E-state index < -0.39 is 5.60 Å². The van der Waals surface area contributed by atoms with E-state index in [1.807, 2.05) is 0 Å². The van der Waals surface area contributed by atoms with Gasteiger partial charge in [0.1, 0.15) is 0 Å². The molecule has 0 saturated heterocycles. The second-order valence-corrected chi connectivity index (χ2v) is 10.4. The molecule has 5 unspecified atom stereocenters. The summed E-state index contributed by atoms with van der Waals surface area (Å²) in [6, 6.07) is 0. The third kappa shape index (κ3) is 2.06. The topological polar surface area (TPSA) is 40.5 Å². The molecule has 132 valence electrons. The zero-order valence-electron chi connectivity index (χ0n) is 15.5. The van der Waals surface area contributed by atoms with Crippen LogP contribution in [0.5, 0.6) is 0 Å². The Morgan fingerprint density at radius 1 is 0.870 bits per heavy atom. The first-order valence-electron chi connectivity index (χ1n) is 10.1. The van der Waals surface area contributed by atoms with Crippen molar-refractivity contribution in [3.05, 3.63) is 0 Å². The molecule has 0 amide bonds. The Kier molecular flexibility index (Phi) is 3.54. The zero-order valence-corrected chi connectivity index (χ0v) is 15.5. The molecule has 4 rings (SSSR count). The van der Waals surface area contributed by atoms with E-state index in [-0.39, 0.29) is 11.5 Å². The molecule has 0 aromatic rings. The van der Waals surface area contributed by atoms with Crippen molar-refractivity contribution in [2.45, 2.75) is 90.8 Å². The fourth-order valence-corrected chi connectivity index (χ4v) is 7.86. The van der Waals surface area contributed by atoms with Crippen molar-refractivity contribution in [3.8, 4) is 0 Å². The Hall–Kier alpha value is -0.0800. The molecule has 4 aliphatic rings. The number of fused-ring (bicyclic) bond motifs is 5. The van der Waals surface area contributed by atoms with E-state index in [1.165, 1.54) is 32.1 Å². The van der Waals surface area contributed by atoms with Crippen molar-refractivity contribution in [3.63, 3.8) is 0 Å². The van der Waals surface area contributed by atoms with Gasteiger partial charge in [0.15, 0.2) is 0 Å². The Bertz CT molecular complexity index is 486. The van der Waals surface area contributed by atoms with Gasteiger partial charge in [0.2, 0.25) is 0 Å². The highest BCUT2D eigenvalue weighted by molar-refractivity contribution is 5.13. The summed E-state index contributed by atoms with van der Waals surface area (Å²) in [5, 5.41) is 21.2. The van der Waals surface area contributed by atoms with Gasteiger partial charge in [-0.05, 0) is 98.7 Å². The zero-order chi connectivity index (χ0) is 16.6. The molecule has 2 heteroatoms. The van der Waals surface area contributed by atoms with Crippen molar-refractivity contribution in [2.24, 2.45) is 40.4 Å². The Morgan fingerprint density at radius 3 is 2.30 bits per heavy atom. The number of rotatable bonds is 0. The molecule has 9 atom stereocenters. The summed E-state index contributed by atoms with van der Waals surface area (Å²) >= 11 is 0. The van der Waals surface area contributed by atoms with Crippen LogP contribution < -0.4 is 0 Å². The molecular weight excluding hydrogens is 284 g/mol. The summed E-state index contributed by atoms with van der Waals surface area (Å²) in [6.07, 6.45) is 9.19. The second-order valence-electron chi connectivity index (χ2n) is 10.4. The third-order valence-electron chi connectivity index (χ3n) is 9.56. The van der Waals surface area contributed by atoms with Crippen molar-refractivity contribution in [1.82, 2.24) is 0 Å². The smallest absolute Gasteiger partial charge is 0.0675 e. The fraction of sp³-hybridized carbons (Fsp3) is 1.00. The van der Waals surface area contributed by atoms with Crippen LogP contribution in [0.25, 0.3) is 0 Å². The highest BCUT2D eigenvalue weighted by Crippen LogP contribution is 2.69. The van der Waals surface area contributed by atoms with Crippen LogP contribution >= 0.6 is 0 Å². The molecule has 0 bridgehead atoms. The largest absolute Gasteiger partial charge is 0.393 e. The normalized spacial score (nSPS) is 62.3. The SMILES string of the molecule is C[C@@H]1C[C@@H]2C[C@H](O)CCC2(C)C2CCC3(C)C(CC[C@]3(C)O)C21. The van der Waals surface area contributed by atoms with Crippen LogP contribution in [0.15, 0.2) is 0 Å². The van der Waals surface area contributed by atoms with E-state index in [0.717, 1.165) is 37.0 Å². The number of hydrogen-bond donors (Lipinski definition) is 2. The summed E-state index contributed by atoms with van der Waals surface area (Å²) in [6.45, 7) is 9.49. The van der Waals surface area contributed by atoms with E-state index in [4.69, 9.17) is 0 Å². The maximum absolute atomic E-state index is 11.0. The molecule has 0 aromatic carbocycles. The van der Waals surface area contributed by atoms with Gasteiger partial charge in [-0.25, -0.2) is 0 Å². The molecule has 0 spiro atoms. The van der Waals surface area contributed by atoms with E-state index in [0.29, 0.717) is 17.3 Å². The maximum atomic E-state index is 11.0. The van der Waals surface area contributed by atoms with Crippen LogP contribution in [0.4, 0.5) is 0 Å². The predicted octanol–water partition coefficient (Wildman–Crippen LogP) is 4.39. The van der Waals surface area contributed by atoms with Gasteiger partial charge in [0.05, 0.1) is 11.7 Å². The van der Waals surface area contributed by atoms with Crippen molar-refractivity contribution in [2.75, 3.05) is 0 Å². The van der Waals surface area contributed by atoms with Gasteiger partial charge < -0.3 is 10.2 Å². The summed E-state index contributed by atoms with van der Waals surface area (Å²) in [4.78, 5) is 0. The summed E-state index contributed by atoms with van der Waals surface area (Å²) in [5.74, 6) is 3.78. The minimum Gasteiger partial charge on any atom is -0.393 e. The predicted molar refractivity (Wildman–Crippen MR) is 92.9 cm³/mol. The standard InChI is InChI=1S/C21H36O2/c1-13-11-14-12-15(22)5-8-19(14,2)16-6-9-20(3)17(18(13)16)7-10-21(20,4)23/h13-18,22-23H,5-12H2,1-4H3/t13-,14-,15-,16?,17?,18?,19?,20?,21+/m1/s1. The molecule has 23 heavy (non-hydrogen) atoms. The molecule has 4 saturated carbocycles. The summed E-state index contributed by atoms with van der Waals surface area (Å²) < 4.78 is 0. The van der Waals surface area contributed by atoms with Gasteiger partial charge in [-0.15, -0.1) is 0 Å². The first-order chi connectivity index (χ1) is 10.7. The van der Waals surface area contributed by atoms with E-state index >= 15 is 0 Å². The molecule has 2 N–H and O–H groups in total. The van der Waals surface area contributed by atoms with Crippen molar-refractivity contribution >= 4 is 0 Å². The lowest BCUT2D eigenvalue weighted by molar-refractivity contribution is -0.169. The molecule has 0 aromatic heterocycles. The van der Waals surface area contributed by atoms with Crippen LogP contribution in [0, 0.1) is 40.4 Å². The number of hydrogen-bond acceptors (Lipinski definition) is 2. The average molecular weight is 321 g/mol. The van der Waals surface area contributed by atoms with Crippen LogP contribution in [0.1, 0.15) is 79.1 Å². The molecule has 0 heterocycles. The van der Waals surface area contributed by atoms with Crippen molar-refractivity contribution < 1.29 is 10.2 Å². The van der Waals surface area contributed by atoms with Crippen molar-refractivity contribution in [1.29, 1.82) is 0 Å². The van der Waals surface area contributed by atoms with E-state index in [1.54, 1.807) is 0 Å². The molecule has 4 fully saturated rings. The third-order valence-corrected chi connectivity index (χ3v) is 9.56. The van der Waals surface area contributed by atoms with Crippen LogP contribution in [0.3, 0.4) is 0 Å². The fourth-order valence-electron chi connectivity index (χ4n) is 7.86. The molecule has 4 aliphatic carbocycles. The van der Waals surface area contributed by atoms with Gasteiger partial charge in [-0.3, -0.25) is 0 Å². The second kappa shape index (κ2) is 4.97. The quantitative estimate of drug-likeness (QED) is 0.695. The maximum Gasteiger partial charge on any atom is 0.0675 e. The van der Waals surface area contributed by atoms with Crippen LogP contribution in [-0.2, 0) is 0 Å². The van der Waals surface area contributed by atoms with Gasteiger partial charge >= 0.3 is 0 Å². The molecule has 0 aliphatic heterocycles. The van der Waals surface area contributed by atoms with E-state index in [9.17, 15) is 10.2 Å². The van der Waals surface area contributed by atoms with Crippen LogP contribution in [0.2, 0.25) is 0 Å². The van der Waals surface area contributed by atoms with Gasteiger partial charge in [0.25, 0.3) is 0 Å². The monoisotopic (exact) mass is 320 g/mol. The molecule has 0 radical (unpaired) electrons. The Labute approximate surface area is 142 Å². The number of aliphatic hydroxyl groups is 2. The van der Waals surface area contributed by atoms with Crippen LogP contribution in [-0.4, -0.2) is 21.9 Å². The lowest BCUT2D eigenvalue weighted by Gasteiger charge is -2.63. The molecular formula is C21H36O2. The van der Waals surface area contributed by atoms with Gasteiger partial charge in [-0.2, -0.15) is 0 Å². The average Bonchev–Trinajstić information content (AvgIpc) is 2.72. The minimum absolute atomic E-state index is 0.0575. The highest BCUT2D eigenvalue weighted by atomic mass is 16.3.